The van der Waals surface area contributed by atoms with Crippen molar-refractivity contribution in [3.8, 4) is 0 Å². The summed E-state index contributed by atoms with van der Waals surface area (Å²) in [4.78, 5) is 0. The lowest BCUT2D eigenvalue weighted by atomic mass is 10.1. The zero-order valence-corrected chi connectivity index (χ0v) is 9.54. The summed E-state index contributed by atoms with van der Waals surface area (Å²) in [5.41, 5.74) is 1.19. The Labute approximate surface area is 90.7 Å². The number of aromatic nitrogens is 2. The van der Waals surface area contributed by atoms with E-state index in [1.54, 1.807) is 0 Å². The molecule has 4 heteroatoms. The first kappa shape index (κ1) is 12.2. The Morgan fingerprint density at radius 1 is 1.53 bits per heavy atom. The number of hydrogen-bond donors (Lipinski definition) is 1. The van der Waals surface area contributed by atoms with Crippen LogP contribution in [0.4, 0.5) is 4.39 Å². The normalized spacial score (nSPS) is 13.0. The Balaban J connectivity index is 2.56. The van der Waals surface area contributed by atoms with Crippen LogP contribution in [0, 0.1) is 0 Å². The minimum atomic E-state index is -0.278. The summed E-state index contributed by atoms with van der Waals surface area (Å²) in [5.74, 6) is 0. The molecule has 0 aromatic carbocycles. The summed E-state index contributed by atoms with van der Waals surface area (Å²) < 4.78 is 13.8. The molecule has 0 amide bonds. The highest BCUT2D eigenvalue weighted by molar-refractivity contribution is 5.10. The Morgan fingerprint density at radius 3 is 2.93 bits per heavy atom. The summed E-state index contributed by atoms with van der Waals surface area (Å²) in [5, 5.41) is 7.61. The van der Waals surface area contributed by atoms with E-state index in [0.717, 1.165) is 13.0 Å². The summed E-state index contributed by atoms with van der Waals surface area (Å²) in [7, 11) is 0. The van der Waals surface area contributed by atoms with Gasteiger partial charge in [0.1, 0.15) is 0 Å². The molecule has 0 saturated carbocycles. The third-order valence-electron chi connectivity index (χ3n) is 2.44. The van der Waals surface area contributed by atoms with E-state index in [1.165, 1.54) is 5.56 Å². The van der Waals surface area contributed by atoms with Crippen LogP contribution in [0.15, 0.2) is 12.4 Å². The number of halogens is 1. The minimum Gasteiger partial charge on any atom is -0.310 e. The summed E-state index contributed by atoms with van der Waals surface area (Å²) in [6.45, 7) is 5.58. The Kier molecular flexibility index (Phi) is 5.32. The van der Waals surface area contributed by atoms with Crippen molar-refractivity contribution in [2.24, 2.45) is 0 Å². The van der Waals surface area contributed by atoms with Gasteiger partial charge in [-0.2, -0.15) is 5.10 Å². The predicted octanol–water partition coefficient (Wildman–Crippen LogP) is 2.30. The second kappa shape index (κ2) is 6.56. The summed E-state index contributed by atoms with van der Waals surface area (Å²) in [6.07, 6.45) is 5.46. The zero-order chi connectivity index (χ0) is 11.1. The van der Waals surface area contributed by atoms with Gasteiger partial charge in [-0.1, -0.05) is 13.8 Å². The van der Waals surface area contributed by atoms with Crippen LogP contribution >= 0.6 is 0 Å². The van der Waals surface area contributed by atoms with E-state index in [4.69, 9.17) is 0 Å². The third kappa shape index (κ3) is 3.63. The fourth-order valence-corrected chi connectivity index (χ4v) is 1.65. The highest BCUT2D eigenvalue weighted by atomic mass is 19.1. The lowest BCUT2D eigenvalue weighted by molar-refractivity contribution is 0.434. The predicted molar refractivity (Wildman–Crippen MR) is 59.5 cm³/mol. The van der Waals surface area contributed by atoms with Gasteiger partial charge in [0.25, 0.3) is 0 Å². The van der Waals surface area contributed by atoms with Crippen molar-refractivity contribution in [1.29, 1.82) is 0 Å². The first-order valence-corrected chi connectivity index (χ1v) is 5.63. The highest BCUT2D eigenvalue weighted by Crippen LogP contribution is 2.15. The molecule has 0 fully saturated rings. The highest BCUT2D eigenvalue weighted by Gasteiger charge is 2.09. The van der Waals surface area contributed by atoms with Crippen molar-refractivity contribution in [2.75, 3.05) is 13.2 Å². The smallest absolute Gasteiger partial charge is 0.0912 e. The van der Waals surface area contributed by atoms with E-state index in [2.05, 4.69) is 24.3 Å². The molecule has 1 heterocycles. The lowest BCUT2D eigenvalue weighted by Crippen LogP contribution is -2.19. The standard InChI is InChI=1S/C11H20FN3/c1-3-11(13-4-2)10-8-14-15(9-10)7-5-6-12/h8-9,11,13H,3-7H2,1-2H3. The van der Waals surface area contributed by atoms with Crippen LogP contribution in [0.5, 0.6) is 0 Å². The zero-order valence-electron chi connectivity index (χ0n) is 9.54. The Morgan fingerprint density at radius 2 is 2.33 bits per heavy atom. The van der Waals surface area contributed by atoms with E-state index in [9.17, 15) is 4.39 Å². The first-order valence-electron chi connectivity index (χ1n) is 5.63. The number of nitrogens with zero attached hydrogens (tertiary/aromatic N) is 2. The van der Waals surface area contributed by atoms with Gasteiger partial charge in [-0.3, -0.25) is 9.07 Å². The lowest BCUT2D eigenvalue weighted by Gasteiger charge is -2.13. The molecule has 1 aromatic rings. The van der Waals surface area contributed by atoms with Gasteiger partial charge in [-0.05, 0) is 19.4 Å². The fourth-order valence-electron chi connectivity index (χ4n) is 1.65. The van der Waals surface area contributed by atoms with Crippen LogP contribution in [0.2, 0.25) is 0 Å². The molecule has 3 nitrogen and oxygen atoms in total. The molecular weight excluding hydrogens is 193 g/mol. The third-order valence-corrected chi connectivity index (χ3v) is 2.44. The molecule has 0 radical (unpaired) electrons. The maximum absolute atomic E-state index is 12.0. The molecule has 86 valence electrons. The molecule has 1 aromatic heterocycles. The molecule has 0 aliphatic rings. The van der Waals surface area contributed by atoms with Crippen molar-refractivity contribution in [1.82, 2.24) is 15.1 Å². The molecule has 15 heavy (non-hydrogen) atoms. The molecule has 1 unspecified atom stereocenters. The molecule has 0 saturated heterocycles. The molecule has 0 aliphatic heterocycles. The number of rotatable bonds is 7. The van der Waals surface area contributed by atoms with Gasteiger partial charge in [0.15, 0.2) is 0 Å². The van der Waals surface area contributed by atoms with Crippen molar-refractivity contribution in [3.05, 3.63) is 18.0 Å². The number of hydrogen-bond acceptors (Lipinski definition) is 2. The van der Waals surface area contributed by atoms with Crippen molar-refractivity contribution < 1.29 is 4.39 Å². The van der Waals surface area contributed by atoms with Gasteiger partial charge in [-0.25, -0.2) is 0 Å². The average molecular weight is 213 g/mol. The second-order valence-corrected chi connectivity index (χ2v) is 3.60. The van der Waals surface area contributed by atoms with Gasteiger partial charge in [0, 0.05) is 24.3 Å². The first-order chi connectivity index (χ1) is 7.31. The fraction of sp³-hybridized carbons (Fsp3) is 0.727. The minimum absolute atomic E-state index is 0.278. The van der Waals surface area contributed by atoms with Crippen LogP contribution in [-0.4, -0.2) is 23.0 Å². The maximum Gasteiger partial charge on any atom is 0.0912 e. The van der Waals surface area contributed by atoms with Crippen molar-refractivity contribution in [2.45, 2.75) is 39.3 Å². The van der Waals surface area contributed by atoms with Crippen LogP contribution in [0.1, 0.15) is 38.3 Å². The summed E-state index contributed by atoms with van der Waals surface area (Å²) in [6, 6.07) is 0.370. The topological polar surface area (TPSA) is 29.9 Å². The van der Waals surface area contributed by atoms with Crippen molar-refractivity contribution >= 4 is 0 Å². The van der Waals surface area contributed by atoms with Crippen LogP contribution < -0.4 is 5.32 Å². The van der Waals surface area contributed by atoms with Gasteiger partial charge >= 0.3 is 0 Å². The molecule has 1 atom stereocenters. The molecule has 0 aliphatic carbocycles. The summed E-state index contributed by atoms with van der Waals surface area (Å²) >= 11 is 0. The van der Waals surface area contributed by atoms with E-state index < -0.39 is 0 Å². The Hall–Kier alpha value is -0.900. The second-order valence-electron chi connectivity index (χ2n) is 3.60. The van der Waals surface area contributed by atoms with Crippen LogP contribution in [-0.2, 0) is 6.54 Å². The number of aryl methyl sites for hydroxylation is 1. The molecule has 0 bridgehead atoms. The van der Waals surface area contributed by atoms with E-state index >= 15 is 0 Å². The van der Waals surface area contributed by atoms with Gasteiger partial charge < -0.3 is 5.32 Å². The number of alkyl halides is 1. The van der Waals surface area contributed by atoms with Gasteiger partial charge in [-0.15, -0.1) is 0 Å². The van der Waals surface area contributed by atoms with Crippen LogP contribution in [0.25, 0.3) is 0 Å². The molecule has 1 rings (SSSR count). The molecule has 1 N–H and O–H groups in total. The SMILES string of the molecule is CCNC(CC)c1cnn(CCCF)c1. The monoisotopic (exact) mass is 213 g/mol. The quantitative estimate of drug-likeness (QED) is 0.753. The molecular formula is C11H20FN3. The average Bonchev–Trinajstić information content (AvgIpc) is 2.71. The number of nitrogens with one attached hydrogen (secondary N) is 1. The van der Waals surface area contributed by atoms with Crippen molar-refractivity contribution in [3.63, 3.8) is 0 Å². The van der Waals surface area contributed by atoms with Gasteiger partial charge in [0.2, 0.25) is 0 Å². The maximum atomic E-state index is 12.0. The van der Waals surface area contributed by atoms with E-state index in [1.807, 2.05) is 17.1 Å². The van der Waals surface area contributed by atoms with Gasteiger partial charge in [0.05, 0.1) is 12.9 Å². The largest absolute Gasteiger partial charge is 0.310 e. The Bertz CT molecular complexity index is 273. The van der Waals surface area contributed by atoms with E-state index in [-0.39, 0.29) is 6.67 Å². The van der Waals surface area contributed by atoms with E-state index in [0.29, 0.717) is 19.0 Å². The molecule has 0 spiro atoms. The van der Waals surface area contributed by atoms with Crippen LogP contribution in [0.3, 0.4) is 0 Å².